The second kappa shape index (κ2) is 9.98. The predicted octanol–water partition coefficient (Wildman–Crippen LogP) is 3.53. The number of fused-ring (bicyclic) bond motifs is 2. The highest BCUT2D eigenvalue weighted by Gasteiger charge is 2.33. The fourth-order valence-corrected chi connectivity index (χ4v) is 5.85. The van der Waals surface area contributed by atoms with Gasteiger partial charge < -0.3 is 9.57 Å². The van der Waals surface area contributed by atoms with Crippen molar-refractivity contribution < 1.29 is 18.0 Å². The Morgan fingerprint density at radius 2 is 1.95 bits per heavy atom. The van der Waals surface area contributed by atoms with E-state index in [0.717, 1.165) is 28.8 Å². The fraction of sp³-hybridized carbons (Fsp3) is 0.346. The summed E-state index contributed by atoms with van der Waals surface area (Å²) in [7, 11) is -3.81. The van der Waals surface area contributed by atoms with E-state index in [1.807, 2.05) is 35.8 Å². The number of imidazole rings is 1. The van der Waals surface area contributed by atoms with Crippen LogP contribution >= 0.6 is 0 Å². The van der Waals surface area contributed by atoms with Crippen LogP contribution in [0.15, 0.2) is 60.0 Å². The van der Waals surface area contributed by atoms with Gasteiger partial charge in [-0.05, 0) is 54.7 Å². The van der Waals surface area contributed by atoms with E-state index in [1.165, 1.54) is 18.5 Å². The van der Waals surface area contributed by atoms with Gasteiger partial charge in [0.2, 0.25) is 10.0 Å². The molecule has 13 heteroatoms. The van der Waals surface area contributed by atoms with E-state index in [2.05, 4.69) is 43.8 Å². The molecule has 12 nitrogen and oxygen atoms in total. The van der Waals surface area contributed by atoms with E-state index in [-0.39, 0.29) is 29.7 Å². The lowest BCUT2D eigenvalue weighted by molar-refractivity contribution is -0.00305. The number of ether oxygens (including phenoxy) is 1. The molecule has 6 rings (SSSR count). The molecule has 39 heavy (non-hydrogen) atoms. The van der Waals surface area contributed by atoms with Gasteiger partial charge in [-0.2, -0.15) is 4.98 Å². The summed E-state index contributed by atoms with van der Waals surface area (Å²) < 4.78 is 36.8. The molecule has 1 unspecified atom stereocenters. The second-order valence-corrected chi connectivity index (χ2v) is 11.5. The summed E-state index contributed by atoms with van der Waals surface area (Å²) in [6.45, 7) is 6.44. The molecule has 3 atom stereocenters. The van der Waals surface area contributed by atoms with Crippen molar-refractivity contribution in [1.29, 1.82) is 0 Å². The minimum Gasteiger partial charge on any atom is -0.354 e. The van der Waals surface area contributed by atoms with Crippen LogP contribution in [0.4, 0.5) is 0 Å². The number of nitrogens with one attached hydrogen (secondary N) is 1. The Hall–Kier alpha value is -3.94. The van der Waals surface area contributed by atoms with Gasteiger partial charge in [0.05, 0.1) is 17.3 Å². The summed E-state index contributed by atoms with van der Waals surface area (Å²) in [6.07, 6.45) is 4.86. The Morgan fingerprint density at radius 1 is 1.13 bits per heavy atom. The summed E-state index contributed by atoms with van der Waals surface area (Å²) >= 11 is 0. The normalized spacial score (nSPS) is 19.7. The lowest BCUT2D eigenvalue weighted by Crippen LogP contribution is -2.23. The maximum Gasteiger partial charge on any atom is 0.280 e. The Labute approximate surface area is 225 Å². The monoisotopic (exact) mass is 548 g/mol. The molecule has 3 aromatic heterocycles. The maximum absolute atomic E-state index is 13.0. The second-order valence-electron chi connectivity index (χ2n) is 9.77. The van der Waals surface area contributed by atoms with Crippen molar-refractivity contribution in [2.45, 2.75) is 57.4 Å². The number of benzene rings is 2. The molecule has 1 fully saturated rings. The zero-order valence-electron chi connectivity index (χ0n) is 21.7. The predicted molar refractivity (Wildman–Crippen MR) is 142 cm³/mol. The average Bonchev–Trinajstić information content (AvgIpc) is 3.65. The minimum atomic E-state index is -3.81. The largest absolute Gasteiger partial charge is 0.354 e. The summed E-state index contributed by atoms with van der Waals surface area (Å²) in [5.41, 5.74) is 3.78. The van der Waals surface area contributed by atoms with Gasteiger partial charge in [0.25, 0.3) is 5.88 Å². The molecule has 1 N–H and O–H groups in total. The van der Waals surface area contributed by atoms with Crippen molar-refractivity contribution in [3.63, 3.8) is 0 Å². The third-order valence-corrected chi connectivity index (χ3v) is 8.43. The van der Waals surface area contributed by atoms with Crippen molar-refractivity contribution in [2.75, 3.05) is 0 Å². The molecule has 0 saturated carbocycles. The molecule has 0 spiro atoms. The first-order chi connectivity index (χ1) is 18.8. The summed E-state index contributed by atoms with van der Waals surface area (Å²) in [6, 6.07) is 12.2. The van der Waals surface area contributed by atoms with Gasteiger partial charge in [-0.15, -0.1) is 5.10 Å². The molecule has 0 amide bonds. The molecule has 2 aromatic carbocycles. The molecular formula is C26H28N8O4S. The topological polar surface area (TPSA) is 139 Å². The van der Waals surface area contributed by atoms with Crippen LogP contribution in [0.1, 0.15) is 44.0 Å². The molecule has 4 heterocycles. The molecule has 1 saturated heterocycles. The molecule has 1 aliphatic heterocycles. The van der Waals surface area contributed by atoms with Crippen molar-refractivity contribution in [3.05, 3.63) is 66.2 Å². The number of rotatable bonds is 8. The number of nitrogens with zero attached hydrogens (tertiary/aromatic N) is 7. The van der Waals surface area contributed by atoms with Crippen LogP contribution < -0.4 is 9.56 Å². The standard InChI is InChI=1S/C26H28N8O4S/c1-4-22-17(3)11-23(37-22)33-15-29-24-25(33)27-14-28-26(24)38-34-21-12-19(9-10-20(21)31-32-34)39(35,36)30-13-18-7-5-16(2)6-8-18/h5-10,12,14-15,17,22-23,30H,4,11,13H2,1-3H3/t17?,22-,23-/m1/s1. The zero-order valence-corrected chi connectivity index (χ0v) is 22.5. The van der Waals surface area contributed by atoms with Crippen LogP contribution in [0.25, 0.3) is 22.2 Å². The van der Waals surface area contributed by atoms with Crippen LogP contribution in [-0.2, 0) is 21.3 Å². The van der Waals surface area contributed by atoms with Gasteiger partial charge in [-0.3, -0.25) is 4.57 Å². The fourth-order valence-electron chi connectivity index (χ4n) is 4.81. The van der Waals surface area contributed by atoms with Crippen LogP contribution in [0.5, 0.6) is 5.88 Å². The van der Waals surface area contributed by atoms with Crippen LogP contribution in [0, 0.1) is 12.8 Å². The van der Waals surface area contributed by atoms with Crippen LogP contribution in [0.2, 0.25) is 0 Å². The van der Waals surface area contributed by atoms with Crippen molar-refractivity contribution in [2.24, 2.45) is 5.92 Å². The highest BCUT2D eigenvalue weighted by atomic mass is 32.2. The zero-order chi connectivity index (χ0) is 27.1. The quantitative estimate of drug-likeness (QED) is 0.308. The van der Waals surface area contributed by atoms with Gasteiger partial charge in [0.15, 0.2) is 11.2 Å². The third kappa shape index (κ3) is 4.84. The lowest BCUT2D eigenvalue weighted by Gasteiger charge is -2.14. The Balaban J connectivity index is 1.26. The molecule has 1 aliphatic rings. The molecular weight excluding hydrogens is 520 g/mol. The van der Waals surface area contributed by atoms with Gasteiger partial charge in [0, 0.05) is 6.54 Å². The highest BCUT2D eigenvalue weighted by Crippen LogP contribution is 2.36. The molecule has 5 aromatic rings. The van der Waals surface area contributed by atoms with Gasteiger partial charge in [-0.25, -0.2) is 23.1 Å². The first kappa shape index (κ1) is 25.3. The Bertz CT molecular complexity index is 1750. The molecule has 0 bridgehead atoms. The molecule has 202 valence electrons. The van der Waals surface area contributed by atoms with Gasteiger partial charge >= 0.3 is 0 Å². The SMILES string of the molecule is CC[C@H]1O[C@@H](n2cnc3c(On4nnc5ccc(S(=O)(=O)NCc6ccc(C)cc6)cc54)ncnc32)CC1C. The number of aromatic nitrogens is 7. The summed E-state index contributed by atoms with van der Waals surface area (Å²) in [5.74, 6) is 0.586. The summed E-state index contributed by atoms with van der Waals surface area (Å²) in [5, 5.41) is 8.14. The van der Waals surface area contributed by atoms with Crippen LogP contribution in [0.3, 0.4) is 0 Å². The van der Waals surface area contributed by atoms with E-state index in [9.17, 15) is 8.42 Å². The number of sulfonamides is 1. The number of hydrogen-bond acceptors (Lipinski definition) is 9. The number of hydrogen-bond donors (Lipinski definition) is 1. The Kier molecular flexibility index (Phi) is 6.49. The molecule has 0 aliphatic carbocycles. The van der Waals surface area contributed by atoms with E-state index in [1.54, 1.807) is 12.4 Å². The summed E-state index contributed by atoms with van der Waals surface area (Å²) in [4.78, 5) is 20.3. The third-order valence-electron chi connectivity index (χ3n) is 7.03. The van der Waals surface area contributed by atoms with Gasteiger partial charge in [0.1, 0.15) is 23.6 Å². The number of aryl methyl sites for hydroxylation is 1. The van der Waals surface area contributed by atoms with E-state index in [4.69, 9.17) is 9.57 Å². The van der Waals surface area contributed by atoms with Crippen molar-refractivity contribution >= 4 is 32.2 Å². The van der Waals surface area contributed by atoms with Crippen LogP contribution in [-0.4, -0.2) is 49.2 Å². The highest BCUT2D eigenvalue weighted by molar-refractivity contribution is 7.89. The van der Waals surface area contributed by atoms with Crippen molar-refractivity contribution in [1.82, 2.24) is 39.4 Å². The minimum absolute atomic E-state index is 0.0596. The van der Waals surface area contributed by atoms with E-state index >= 15 is 0 Å². The first-order valence-corrected chi connectivity index (χ1v) is 14.2. The van der Waals surface area contributed by atoms with Gasteiger partial charge in [-0.1, -0.05) is 48.5 Å². The van der Waals surface area contributed by atoms with E-state index < -0.39 is 10.0 Å². The van der Waals surface area contributed by atoms with E-state index in [0.29, 0.717) is 28.1 Å². The molecule has 0 radical (unpaired) electrons. The lowest BCUT2D eigenvalue weighted by atomic mass is 10.0. The first-order valence-electron chi connectivity index (χ1n) is 12.7. The average molecular weight is 549 g/mol. The maximum atomic E-state index is 13.0. The van der Waals surface area contributed by atoms with Crippen molar-refractivity contribution in [3.8, 4) is 5.88 Å². The Morgan fingerprint density at radius 3 is 2.72 bits per heavy atom. The smallest absolute Gasteiger partial charge is 0.280 e.